The van der Waals surface area contributed by atoms with Crippen LogP contribution in [0.4, 0.5) is 5.13 Å². The smallest absolute Gasteiger partial charge is 0.236 e. The molecule has 3 aromatic rings. The molecular weight excluding hydrogens is 382 g/mol. The lowest BCUT2D eigenvalue weighted by Crippen LogP contribution is -2.14. The quantitative estimate of drug-likeness (QED) is 0.605. The summed E-state index contributed by atoms with van der Waals surface area (Å²) in [5.41, 5.74) is 2.41. The normalized spacial score (nSPS) is 12.0. The Kier molecular flexibility index (Phi) is 6.12. The van der Waals surface area contributed by atoms with E-state index < -0.39 is 0 Å². The standard InChI is InChI=1S/C18H21N5O2S2/c1-11-5-6-14(9-12(11)2)25-13(3)16-21-22-18(23(16)4)27-10-15(24)20-17-19-7-8-26-17/h5-9,13H,10H2,1-4H3,(H,19,20,24). The van der Waals surface area contributed by atoms with Gasteiger partial charge in [0.05, 0.1) is 5.75 Å². The first kappa shape index (κ1) is 19.4. The molecule has 0 fully saturated rings. The third-order valence-corrected chi connectivity index (χ3v) is 5.74. The largest absolute Gasteiger partial charge is 0.483 e. The van der Waals surface area contributed by atoms with Gasteiger partial charge in [0.15, 0.2) is 22.2 Å². The molecule has 27 heavy (non-hydrogen) atoms. The SMILES string of the molecule is Cc1ccc(OC(C)c2nnc(SCC(=O)Nc3nccs3)n2C)cc1C. The Morgan fingerprint density at radius 1 is 1.33 bits per heavy atom. The average Bonchev–Trinajstić information content (AvgIpc) is 3.26. The van der Waals surface area contributed by atoms with E-state index in [9.17, 15) is 4.79 Å². The van der Waals surface area contributed by atoms with Gasteiger partial charge in [0.25, 0.3) is 0 Å². The number of nitrogens with one attached hydrogen (secondary N) is 1. The molecule has 9 heteroatoms. The van der Waals surface area contributed by atoms with Crippen LogP contribution >= 0.6 is 23.1 Å². The van der Waals surface area contributed by atoms with E-state index in [-0.39, 0.29) is 17.8 Å². The number of rotatable bonds is 7. The molecule has 1 unspecified atom stereocenters. The van der Waals surface area contributed by atoms with Crippen molar-refractivity contribution >= 4 is 34.1 Å². The summed E-state index contributed by atoms with van der Waals surface area (Å²) >= 11 is 2.71. The minimum atomic E-state index is -0.261. The lowest BCUT2D eigenvalue weighted by atomic mass is 10.1. The van der Waals surface area contributed by atoms with E-state index in [1.807, 2.05) is 42.1 Å². The fourth-order valence-corrected chi connectivity index (χ4v) is 3.68. The van der Waals surface area contributed by atoms with Crippen molar-refractivity contribution in [2.45, 2.75) is 32.0 Å². The third-order valence-electron chi connectivity index (χ3n) is 4.03. The number of thioether (sulfide) groups is 1. The Hall–Kier alpha value is -2.39. The van der Waals surface area contributed by atoms with E-state index in [0.29, 0.717) is 16.1 Å². The van der Waals surface area contributed by atoms with Crippen LogP contribution in [-0.2, 0) is 11.8 Å². The first-order valence-electron chi connectivity index (χ1n) is 8.39. The molecule has 2 aromatic heterocycles. The molecule has 1 aromatic carbocycles. The van der Waals surface area contributed by atoms with E-state index in [0.717, 1.165) is 5.75 Å². The van der Waals surface area contributed by atoms with Crippen molar-refractivity contribution in [3.8, 4) is 5.75 Å². The Balaban J connectivity index is 1.60. The van der Waals surface area contributed by atoms with Gasteiger partial charge in [-0.05, 0) is 44.0 Å². The number of nitrogens with zero attached hydrogens (tertiary/aromatic N) is 4. The fraction of sp³-hybridized carbons (Fsp3) is 0.333. The molecule has 1 N–H and O–H groups in total. The molecule has 0 aliphatic rings. The molecule has 2 heterocycles. The van der Waals surface area contributed by atoms with Crippen LogP contribution in [0.15, 0.2) is 34.9 Å². The molecule has 0 aliphatic heterocycles. The van der Waals surface area contributed by atoms with Gasteiger partial charge in [0, 0.05) is 18.6 Å². The number of benzene rings is 1. The second-order valence-electron chi connectivity index (χ2n) is 6.08. The topological polar surface area (TPSA) is 81.9 Å². The maximum absolute atomic E-state index is 12.0. The minimum Gasteiger partial charge on any atom is -0.483 e. The van der Waals surface area contributed by atoms with Crippen molar-refractivity contribution < 1.29 is 9.53 Å². The van der Waals surface area contributed by atoms with Crippen molar-refractivity contribution in [3.63, 3.8) is 0 Å². The van der Waals surface area contributed by atoms with Gasteiger partial charge in [-0.2, -0.15) is 0 Å². The van der Waals surface area contributed by atoms with E-state index in [1.165, 1.54) is 34.2 Å². The first-order valence-corrected chi connectivity index (χ1v) is 10.3. The van der Waals surface area contributed by atoms with E-state index >= 15 is 0 Å². The Labute approximate surface area is 166 Å². The number of hydrogen-bond donors (Lipinski definition) is 1. The zero-order valence-corrected chi connectivity index (χ0v) is 17.2. The van der Waals surface area contributed by atoms with Gasteiger partial charge in [-0.25, -0.2) is 4.98 Å². The maximum Gasteiger partial charge on any atom is 0.236 e. The van der Waals surface area contributed by atoms with Gasteiger partial charge >= 0.3 is 0 Å². The number of thiazole rings is 1. The molecule has 1 atom stereocenters. The van der Waals surface area contributed by atoms with Crippen LogP contribution in [0.5, 0.6) is 5.75 Å². The van der Waals surface area contributed by atoms with Gasteiger partial charge in [0.1, 0.15) is 5.75 Å². The highest BCUT2D eigenvalue weighted by atomic mass is 32.2. The predicted molar refractivity (Wildman–Crippen MR) is 107 cm³/mol. The molecule has 0 spiro atoms. The Morgan fingerprint density at radius 2 is 2.15 bits per heavy atom. The van der Waals surface area contributed by atoms with E-state index in [1.54, 1.807) is 6.20 Å². The van der Waals surface area contributed by atoms with Crippen LogP contribution in [0, 0.1) is 13.8 Å². The summed E-state index contributed by atoms with van der Waals surface area (Å²) in [4.78, 5) is 16.0. The molecule has 142 valence electrons. The number of carbonyl (C=O) groups excluding carboxylic acids is 1. The Morgan fingerprint density at radius 3 is 2.85 bits per heavy atom. The zero-order valence-electron chi connectivity index (χ0n) is 15.6. The molecule has 0 aliphatic carbocycles. The zero-order chi connectivity index (χ0) is 19.4. The van der Waals surface area contributed by atoms with Crippen LogP contribution in [0.3, 0.4) is 0 Å². The predicted octanol–water partition coefficient (Wildman–Crippen LogP) is 3.76. The number of aryl methyl sites for hydroxylation is 2. The number of amides is 1. The summed E-state index contributed by atoms with van der Waals surface area (Å²) in [5.74, 6) is 1.61. The second kappa shape index (κ2) is 8.53. The minimum absolute atomic E-state index is 0.126. The summed E-state index contributed by atoms with van der Waals surface area (Å²) in [6, 6.07) is 6.00. The number of carbonyl (C=O) groups is 1. The number of aromatic nitrogens is 4. The third kappa shape index (κ3) is 4.86. The molecule has 0 radical (unpaired) electrons. The molecular formula is C18H21N5O2S2. The van der Waals surface area contributed by atoms with Gasteiger partial charge in [-0.15, -0.1) is 21.5 Å². The molecule has 1 amide bonds. The summed E-state index contributed by atoms with van der Waals surface area (Å²) in [5, 5.41) is 14.2. The fourth-order valence-electron chi connectivity index (χ4n) is 2.42. The molecule has 7 nitrogen and oxygen atoms in total. The van der Waals surface area contributed by atoms with Gasteiger partial charge in [0.2, 0.25) is 5.91 Å². The van der Waals surface area contributed by atoms with Crippen LogP contribution in [-0.4, -0.2) is 31.4 Å². The second-order valence-corrected chi connectivity index (χ2v) is 7.92. The Bertz CT molecular complexity index is 924. The summed E-state index contributed by atoms with van der Waals surface area (Å²) < 4.78 is 7.86. The van der Waals surface area contributed by atoms with Crippen molar-refractivity contribution in [3.05, 3.63) is 46.7 Å². The van der Waals surface area contributed by atoms with Crippen molar-refractivity contribution in [2.24, 2.45) is 7.05 Å². The van der Waals surface area contributed by atoms with Gasteiger partial charge in [-0.3, -0.25) is 4.79 Å². The van der Waals surface area contributed by atoms with E-state index in [4.69, 9.17) is 4.74 Å². The lowest BCUT2D eigenvalue weighted by molar-refractivity contribution is -0.113. The lowest BCUT2D eigenvalue weighted by Gasteiger charge is -2.15. The summed E-state index contributed by atoms with van der Waals surface area (Å²) in [7, 11) is 1.87. The highest BCUT2D eigenvalue weighted by molar-refractivity contribution is 7.99. The summed E-state index contributed by atoms with van der Waals surface area (Å²) in [6.45, 7) is 6.06. The van der Waals surface area contributed by atoms with Crippen molar-refractivity contribution in [1.29, 1.82) is 0 Å². The van der Waals surface area contributed by atoms with Crippen LogP contribution in [0.2, 0.25) is 0 Å². The highest BCUT2D eigenvalue weighted by Gasteiger charge is 2.18. The van der Waals surface area contributed by atoms with Crippen LogP contribution < -0.4 is 10.1 Å². The number of hydrogen-bond acceptors (Lipinski definition) is 7. The summed E-state index contributed by atoms with van der Waals surface area (Å²) in [6.07, 6.45) is 1.39. The first-order chi connectivity index (χ1) is 12.9. The van der Waals surface area contributed by atoms with Crippen molar-refractivity contribution in [1.82, 2.24) is 19.7 Å². The van der Waals surface area contributed by atoms with Crippen LogP contribution in [0.25, 0.3) is 0 Å². The molecule has 0 saturated heterocycles. The van der Waals surface area contributed by atoms with Crippen LogP contribution in [0.1, 0.15) is 30.0 Å². The van der Waals surface area contributed by atoms with Crippen molar-refractivity contribution in [2.75, 3.05) is 11.1 Å². The average molecular weight is 404 g/mol. The maximum atomic E-state index is 12.0. The number of anilines is 1. The molecule has 0 bridgehead atoms. The van der Waals surface area contributed by atoms with Gasteiger partial charge in [-0.1, -0.05) is 17.8 Å². The number of ether oxygens (including phenoxy) is 1. The molecule has 3 rings (SSSR count). The highest BCUT2D eigenvalue weighted by Crippen LogP contribution is 2.25. The monoisotopic (exact) mass is 403 g/mol. The molecule has 0 saturated carbocycles. The van der Waals surface area contributed by atoms with E-state index in [2.05, 4.69) is 34.3 Å². The van der Waals surface area contributed by atoms with Gasteiger partial charge < -0.3 is 14.6 Å².